The van der Waals surface area contributed by atoms with Crippen LogP contribution in [0.3, 0.4) is 0 Å². The van der Waals surface area contributed by atoms with Crippen molar-refractivity contribution in [2.75, 3.05) is 311 Å². The van der Waals surface area contributed by atoms with Crippen LogP contribution >= 0.6 is 0 Å². The minimum absolute atomic E-state index is 0.0640. The zero-order chi connectivity index (χ0) is 55.6. The fraction of sp³-hybridized carbons (Fsp3) is 0.981. The van der Waals surface area contributed by atoms with Crippen molar-refractivity contribution in [1.82, 2.24) is 5.32 Å². The quantitative estimate of drug-likeness (QED) is 0.0635. The number of carbonyl (C=O) groups excluding carboxylic acids is 1. The van der Waals surface area contributed by atoms with Crippen molar-refractivity contribution in [2.24, 2.45) is 0 Å². The van der Waals surface area contributed by atoms with Gasteiger partial charge in [-0.2, -0.15) is 0 Å². The molecule has 0 bridgehead atoms. The van der Waals surface area contributed by atoms with Crippen molar-refractivity contribution in [2.45, 2.75) is 25.6 Å². The van der Waals surface area contributed by atoms with Crippen LogP contribution < -0.4 is 5.32 Å². The van der Waals surface area contributed by atoms with E-state index >= 15 is 0 Å². The maximum atomic E-state index is 12.0. The molecule has 0 aromatic carbocycles. The first kappa shape index (κ1) is 74.5. The van der Waals surface area contributed by atoms with Gasteiger partial charge >= 0.3 is 5.97 Å². The van der Waals surface area contributed by atoms with Gasteiger partial charge in [0.1, 0.15) is 6.10 Å². The van der Waals surface area contributed by atoms with Gasteiger partial charge in [0.05, 0.1) is 291 Å². The fourth-order valence-electron chi connectivity index (χ4n) is 5.98. The molecular formula is C52H103NO25. The highest BCUT2D eigenvalue weighted by Gasteiger charge is 2.23. The molecule has 0 amide bonds. The minimum Gasteiger partial charge on any atom is -0.459 e. The van der Waals surface area contributed by atoms with Gasteiger partial charge in [0, 0.05) is 13.7 Å². The Labute approximate surface area is 465 Å². The number of ether oxygens (including phenoxy) is 24. The Morgan fingerprint density at radius 1 is 0.308 bits per heavy atom. The Balaban J connectivity index is 1.59. The van der Waals surface area contributed by atoms with Gasteiger partial charge in [0.15, 0.2) is 6.10 Å². The van der Waals surface area contributed by atoms with E-state index in [1.165, 1.54) is 0 Å². The molecule has 0 spiro atoms. The predicted octanol–water partition coefficient (Wildman–Crippen LogP) is 0.292. The highest BCUT2D eigenvalue weighted by atomic mass is 16.6. The van der Waals surface area contributed by atoms with E-state index in [0.29, 0.717) is 297 Å². The van der Waals surface area contributed by atoms with Crippen LogP contribution in [0.15, 0.2) is 0 Å². The van der Waals surface area contributed by atoms with E-state index in [1.807, 2.05) is 0 Å². The van der Waals surface area contributed by atoms with E-state index in [1.54, 1.807) is 14.0 Å². The number of rotatable bonds is 69. The summed E-state index contributed by atoms with van der Waals surface area (Å²) < 4.78 is 131. The lowest BCUT2D eigenvalue weighted by Crippen LogP contribution is -2.30. The van der Waals surface area contributed by atoms with Crippen molar-refractivity contribution >= 4 is 5.97 Å². The van der Waals surface area contributed by atoms with Crippen LogP contribution in [0.2, 0.25) is 0 Å². The molecule has 1 rings (SSSR count). The largest absolute Gasteiger partial charge is 0.459 e. The summed E-state index contributed by atoms with van der Waals surface area (Å²) in [5.74, 6) is -0.340. The van der Waals surface area contributed by atoms with Crippen molar-refractivity contribution in [1.29, 1.82) is 0 Å². The summed E-state index contributed by atoms with van der Waals surface area (Å²) in [5.41, 5.74) is 0. The molecular weight excluding hydrogens is 1040 g/mol. The maximum absolute atomic E-state index is 12.0. The lowest BCUT2D eigenvalue weighted by Gasteiger charge is -2.16. The molecule has 2 unspecified atom stereocenters. The summed E-state index contributed by atoms with van der Waals surface area (Å²) in [6.07, 6.45) is 0.158. The summed E-state index contributed by atoms with van der Waals surface area (Å²) >= 11 is 0. The first-order valence-corrected chi connectivity index (χ1v) is 27.9. The molecule has 1 saturated heterocycles. The zero-order valence-corrected chi connectivity index (χ0v) is 47.6. The third kappa shape index (κ3) is 60.6. The predicted molar refractivity (Wildman–Crippen MR) is 282 cm³/mol. The van der Waals surface area contributed by atoms with Gasteiger partial charge < -0.3 is 119 Å². The van der Waals surface area contributed by atoms with Crippen LogP contribution in [-0.4, -0.2) is 329 Å². The number of nitrogens with one attached hydrogen (secondary N) is 1. The topological polar surface area (TPSA) is 251 Å². The molecule has 466 valence electrons. The molecule has 2 atom stereocenters. The van der Waals surface area contributed by atoms with Crippen LogP contribution in [0.1, 0.15) is 13.3 Å². The lowest BCUT2D eigenvalue weighted by atomic mass is 10.3. The summed E-state index contributed by atoms with van der Waals surface area (Å²) in [6.45, 7) is 24.6. The van der Waals surface area contributed by atoms with Gasteiger partial charge in [-0.05, 0) is 19.9 Å². The van der Waals surface area contributed by atoms with Gasteiger partial charge in [0.25, 0.3) is 0 Å². The van der Waals surface area contributed by atoms with Crippen LogP contribution in [0.4, 0.5) is 0 Å². The van der Waals surface area contributed by atoms with E-state index < -0.39 is 6.10 Å². The number of hydrogen-bond donors (Lipinski definition) is 1. The Morgan fingerprint density at radius 2 is 0.487 bits per heavy atom. The highest BCUT2D eigenvalue weighted by molar-refractivity contribution is 5.74. The highest BCUT2D eigenvalue weighted by Crippen LogP contribution is 2.06. The van der Waals surface area contributed by atoms with Crippen molar-refractivity contribution < 1.29 is 118 Å². The summed E-state index contributed by atoms with van der Waals surface area (Å²) in [6, 6.07) is 0. The molecule has 26 heteroatoms. The van der Waals surface area contributed by atoms with Crippen LogP contribution in [0.5, 0.6) is 0 Å². The van der Waals surface area contributed by atoms with E-state index in [2.05, 4.69) is 5.32 Å². The van der Waals surface area contributed by atoms with Crippen molar-refractivity contribution in [3.63, 3.8) is 0 Å². The van der Waals surface area contributed by atoms with E-state index in [4.69, 9.17) is 114 Å². The molecule has 1 N–H and O–H groups in total. The smallest absolute Gasteiger partial charge is 0.335 e. The molecule has 1 aliphatic rings. The summed E-state index contributed by atoms with van der Waals surface area (Å²) in [4.78, 5) is 12.0. The number of carbonyl (C=O) groups is 1. The maximum Gasteiger partial charge on any atom is 0.335 e. The number of esters is 1. The summed E-state index contributed by atoms with van der Waals surface area (Å²) in [5, 5.41) is 3.16. The number of methoxy groups -OCH3 is 1. The fourth-order valence-corrected chi connectivity index (χ4v) is 5.98. The standard InChI is InChI=1S/C52H103NO25/c1-50(52(54)78-51-3-4-53-49-51)77-48-47-76-46-45-75-44-43-74-42-41-73-40-39-72-38-37-71-36-35-70-34-33-69-32-31-68-30-29-67-28-27-66-26-25-65-24-23-64-22-21-63-20-19-62-18-17-61-16-15-60-14-13-59-12-11-58-10-9-57-8-7-56-6-5-55-2/h50-51,53H,3-49H2,1-2H3. The Hall–Kier alpha value is -1.49. The van der Waals surface area contributed by atoms with Crippen molar-refractivity contribution in [3.05, 3.63) is 0 Å². The van der Waals surface area contributed by atoms with Gasteiger partial charge in [-0.1, -0.05) is 0 Å². The molecule has 1 heterocycles. The number of hydrogen-bond acceptors (Lipinski definition) is 26. The van der Waals surface area contributed by atoms with Gasteiger partial charge in [-0.25, -0.2) is 4.79 Å². The Bertz CT molecular complexity index is 1140. The SMILES string of the molecule is COCCOCCOCCOCCOCCOCCOCCOCCOCCOCCOCCOCCOCCOCCOCCOCCOCCOCCOCCOCCOCCOCCOC(C)C(=O)OC1CCNC1. The normalized spacial score (nSPS) is 14.1. The molecule has 1 fully saturated rings. The van der Waals surface area contributed by atoms with Crippen LogP contribution in [0, 0.1) is 0 Å². The third-order valence-electron chi connectivity index (χ3n) is 10.1. The Morgan fingerprint density at radius 3 is 0.654 bits per heavy atom. The first-order valence-electron chi connectivity index (χ1n) is 27.9. The second kappa shape index (κ2) is 66.3. The second-order valence-electron chi connectivity index (χ2n) is 16.4. The van der Waals surface area contributed by atoms with Crippen LogP contribution in [-0.2, 0) is 118 Å². The molecule has 78 heavy (non-hydrogen) atoms. The summed E-state index contributed by atoms with van der Waals surface area (Å²) in [7, 11) is 1.64. The van der Waals surface area contributed by atoms with Gasteiger partial charge in [0.2, 0.25) is 0 Å². The Kier molecular flexibility index (Phi) is 63.4. The first-order chi connectivity index (χ1) is 38.7. The molecule has 0 aromatic heterocycles. The van der Waals surface area contributed by atoms with Crippen LogP contribution in [0.25, 0.3) is 0 Å². The molecule has 26 nitrogen and oxygen atoms in total. The molecule has 0 radical (unpaired) electrons. The monoisotopic (exact) mass is 1140 g/mol. The molecule has 1 aliphatic heterocycles. The molecule has 0 aliphatic carbocycles. The van der Waals surface area contributed by atoms with E-state index in [-0.39, 0.29) is 12.1 Å². The van der Waals surface area contributed by atoms with E-state index in [0.717, 1.165) is 13.0 Å². The zero-order valence-electron chi connectivity index (χ0n) is 47.6. The van der Waals surface area contributed by atoms with Gasteiger partial charge in [-0.3, -0.25) is 0 Å². The average Bonchev–Trinajstić information content (AvgIpc) is 3.97. The minimum atomic E-state index is -0.614. The van der Waals surface area contributed by atoms with E-state index in [9.17, 15) is 4.79 Å². The average molecular weight is 1140 g/mol. The molecule has 0 saturated carbocycles. The van der Waals surface area contributed by atoms with Gasteiger partial charge in [-0.15, -0.1) is 0 Å². The third-order valence-corrected chi connectivity index (χ3v) is 10.1. The van der Waals surface area contributed by atoms with Crippen molar-refractivity contribution in [3.8, 4) is 0 Å². The lowest BCUT2D eigenvalue weighted by molar-refractivity contribution is -0.161. The second-order valence-corrected chi connectivity index (χ2v) is 16.4. The molecule has 0 aromatic rings.